The molecule has 1 fully saturated rings. The molecular weight excluding hydrogens is 394 g/mol. The fraction of sp³-hybridized carbons (Fsp3) is 0.412. The van der Waals surface area contributed by atoms with Crippen LogP contribution in [0.25, 0.3) is 0 Å². The van der Waals surface area contributed by atoms with Gasteiger partial charge in [0.05, 0.1) is 17.1 Å². The Bertz CT molecular complexity index is 940. The molecule has 0 saturated carbocycles. The van der Waals surface area contributed by atoms with E-state index < -0.39 is 15.6 Å². The van der Waals surface area contributed by atoms with Crippen LogP contribution >= 0.6 is 0 Å². The SMILES string of the molecule is Cc1cc(NC(=O)CN2CCN(c3ccccc3S(=O)(=O)C(F)F)CC2)no1. The van der Waals surface area contributed by atoms with Gasteiger partial charge in [-0.2, -0.15) is 8.78 Å². The average molecular weight is 414 g/mol. The van der Waals surface area contributed by atoms with Crippen molar-refractivity contribution in [1.82, 2.24) is 10.1 Å². The molecule has 1 aliphatic heterocycles. The fourth-order valence-electron chi connectivity index (χ4n) is 3.01. The first kappa shape index (κ1) is 20.2. The highest BCUT2D eigenvalue weighted by Crippen LogP contribution is 2.29. The number of amides is 1. The van der Waals surface area contributed by atoms with E-state index in [1.165, 1.54) is 18.2 Å². The van der Waals surface area contributed by atoms with Crippen molar-refractivity contribution in [1.29, 1.82) is 0 Å². The predicted octanol–water partition coefficient (Wildman–Crippen LogP) is 1.74. The van der Waals surface area contributed by atoms with Crippen molar-refractivity contribution in [3.05, 3.63) is 36.1 Å². The van der Waals surface area contributed by atoms with Gasteiger partial charge in [0.2, 0.25) is 15.7 Å². The van der Waals surface area contributed by atoms with Crippen LogP contribution in [0.15, 0.2) is 39.8 Å². The highest BCUT2D eigenvalue weighted by molar-refractivity contribution is 7.91. The minimum Gasteiger partial charge on any atom is -0.368 e. The number of nitrogens with one attached hydrogen (secondary N) is 1. The number of nitrogens with zero attached hydrogens (tertiary/aromatic N) is 3. The molecule has 1 amide bonds. The lowest BCUT2D eigenvalue weighted by molar-refractivity contribution is -0.117. The lowest BCUT2D eigenvalue weighted by Crippen LogP contribution is -2.49. The zero-order valence-corrected chi connectivity index (χ0v) is 16.0. The van der Waals surface area contributed by atoms with E-state index >= 15 is 0 Å². The number of carbonyl (C=O) groups is 1. The molecule has 0 unspecified atom stereocenters. The van der Waals surface area contributed by atoms with Crippen molar-refractivity contribution in [2.75, 3.05) is 42.9 Å². The van der Waals surface area contributed by atoms with E-state index in [9.17, 15) is 22.0 Å². The maximum atomic E-state index is 13.0. The minimum absolute atomic E-state index is 0.136. The molecular formula is C17H20F2N4O4S. The van der Waals surface area contributed by atoms with Gasteiger partial charge in [-0.05, 0) is 19.1 Å². The first-order valence-corrected chi connectivity index (χ1v) is 10.1. The Morgan fingerprint density at radius 3 is 2.54 bits per heavy atom. The molecule has 8 nitrogen and oxygen atoms in total. The van der Waals surface area contributed by atoms with Gasteiger partial charge in [-0.1, -0.05) is 17.3 Å². The van der Waals surface area contributed by atoms with Crippen molar-refractivity contribution in [2.45, 2.75) is 17.6 Å². The number of aryl methyl sites for hydroxylation is 1. The smallest absolute Gasteiger partial charge is 0.341 e. The third-order valence-corrected chi connectivity index (χ3v) is 5.81. The molecule has 2 heterocycles. The summed E-state index contributed by atoms with van der Waals surface area (Å²) in [5, 5.41) is 6.33. The van der Waals surface area contributed by atoms with Crippen molar-refractivity contribution >= 4 is 27.2 Å². The molecule has 152 valence electrons. The summed E-state index contributed by atoms with van der Waals surface area (Å²) >= 11 is 0. The van der Waals surface area contributed by atoms with Crippen LogP contribution < -0.4 is 10.2 Å². The molecule has 0 atom stereocenters. The standard InChI is InChI=1S/C17H20F2N4O4S/c1-12-10-15(21-27-12)20-16(24)11-22-6-8-23(9-7-22)13-4-2-3-5-14(13)28(25,26)17(18)19/h2-5,10,17H,6-9,11H2,1H3,(H,20,21,24). The topological polar surface area (TPSA) is 95.8 Å². The van der Waals surface area contributed by atoms with Gasteiger partial charge in [-0.25, -0.2) is 8.42 Å². The molecule has 0 bridgehead atoms. The van der Waals surface area contributed by atoms with Crippen LogP contribution in [0, 0.1) is 6.92 Å². The van der Waals surface area contributed by atoms with Crippen molar-refractivity contribution in [2.24, 2.45) is 0 Å². The maximum absolute atomic E-state index is 13.0. The number of rotatable bonds is 6. The molecule has 28 heavy (non-hydrogen) atoms. The average Bonchev–Trinajstić information content (AvgIpc) is 3.06. The summed E-state index contributed by atoms with van der Waals surface area (Å²) < 4.78 is 54.7. The van der Waals surface area contributed by atoms with E-state index in [-0.39, 0.29) is 23.0 Å². The largest absolute Gasteiger partial charge is 0.368 e. The Balaban J connectivity index is 1.61. The number of piperazine rings is 1. The number of anilines is 2. The van der Waals surface area contributed by atoms with Gasteiger partial charge in [0.25, 0.3) is 0 Å². The zero-order valence-electron chi connectivity index (χ0n) is 15.1. The van der Waals surface area contributed by atoms with Gasteiger partial charge >= 0.3 is 5.76 Å². The van der Waals surface area contributed by atoms with Crippen LogP contribution in [0.2, 0.25) is 0 Å². The number of sulfone groups is 1. The Labute approximate surface area is 161 Å². The van der Waals surface area contributed by atoms with E-state index in [1.54, 1.807) is 24.0 Å². The maximum Gasteiger partial charge on any atom is 0.341 e. The first-order valence-electron chi connectivity index (χ1n) is 8.59. The van der Waals surface area contributed by atoms with E-state index in [2.05, 4.69) is 10.5 Å². The highest BCUT2D eigenvalue weighted by atomic mass is 32.2. The predicted molar refractivity (Wildman–Crippen MR) is 98.2 cm³/mol. The second kappa shape index (κ2) is 8.23. The summed E-state index contributed by atoms with van der Waals surface area (Å²) in [7, 11) is -4.69. The molecule has 2 aromatic rings. The summed E-state index contributed by atoms with van der Waals surface area (Å²) in [6, 6.07) is 7.35. The van der Waals surface area contributed by atoms with Crippen LogP contribution in [0.3, 0.4) is 0 Å². The Hall–Kier alpha value is -2.53. The van der Waals surface area contributed by atoms with Gasteiger partial charge in [-0.15, -0.1) is 0 Å². The van der Waals surface area contributed by atoms with Gasteiger partial charge in [0.15, 0.2) is 5.82 Å². The number of para-hydroxylation sites is 1. The lowest BCUT2D eigenvalue weighted by Gasteiger charge is -2.36. The van der Waals surface area contributed by atoms with Crippen molar-refractivity contribution in [3.8, 4) is 0 Å². The summed E-state index contributed by atoms with van der Waals surface area (Å²) in [5.41, 5.74) is 0.255. The molecule has 1 N–H and O–H groups in total. The molecule has 1 aromatic carbocycles. The molecule has 0 radical (unpaired) electrons. The van der Waals surface area contributed by atoms with Gasteiger partial charge in [-0.3, -0.25) is 9.69 Å². The Morgan fingerprint density at radius 2 is 1.93 bits per heavy atom. The van der Waals surface area contributed by atoms with Gasteiger partial charge in [0, 0.05) is 32.2 Å². The number of halogens is 2. The quantitative estimate of drug-likeness (QED) is 0.769. The second-order valence-electron chi connectivity index (χ2n) is 6.41. The van der Waals surface area contributed by atoms with Crippen LogP contribution in [0.4, 0.5) is 20.3 Å². The number of hydrogen-bond donors (Lipinski definition) is 1. The molecule has 0 aliphatic carbocycles. The van der Waals surface area contributed by atoms with E-state index in [0.717, 1.165) is 0 Å². The number of alkyl halides is 2. The number of hydrogen-bond acceptors (Lipinski definition) is 7. The molecule has 0 spiro atoms. The minimum atomic E-state index is -4.69. The van der Waals surface area contributed by atoms with Gasteiger partial charge in [0.1, 0.15) is 5.76 Å². The zero-order chi connectivity index (χ0) is 20.3. The summed E-state index contributed by atoms with van der Waals surface area (Å²) in [6.07, 6.45) is 0. The van der Waals surface area contributed by atoms with Crippen LogP contribution in [-0.2, 0) is 14.6 Å². The van der Waals surface area contributed by atoms with E-state index in [1.807, 2.05) is 4.90 Å². The lowest BCUT2D eigenvalue weighted by atomic mass is 10.2. The van der Waals surface area contributed by atoms with E-state index in [4.69, 9.17) is 4.52 Å². The third-order valence-electron chi connectivity index (χ3n) is 4.38. The number of aromatic nitrogens is 1. The van der Waals surface area contributed by atoms with Crippen LogP contribution in [0.1, 0.15) is 5.76 Å². The van der Waals surface area contributed by atoms with Crippen LogP contribution in [-0.4, -0.2) is 62.9 Å². The summed E-state index contributed by atoms with van der Waals surface area (Å²) in [5.74, 6) is -2.80. The van der Waals surface area contributed by atoms with E-state index in [0.29, 0.717) is 37.8 Å². The molecule has 1 saturated heterocycles. The van der Waals surface area contributed by atoms with Crippen LogP contribution in [0.5, 0.6) is 0 Å². The highest BCUT2D eigenvalue weighted by Gasteiger charge is 2.31. The Kier molecular flexibility index (Phi) is 5.94. The first-order chi connectivity index (χ1) is 13.3. The molecule has 1 aromatic heterocycles. The summed E-state index contributed by atoms with van der Waals surface area (Å²) in [6.45, 7) is 3.63. The number of carbonyl (C=O) groups excluding carboxylic acids is 1. The second-order valence-corrected chi connectivity index (χ2v) is 8.29. The van der Waals surface area contributed by atoms with Crippen molar-refractivity contribution in [3.63, 3.8) is 0 Å². The molecule has 1 aliphatic rings. The summed E-state index contributed by atoms with van der Waals surface area (Å²) in [4.78, 5) is 15.3. The number of benzene rings is 1. The molecule has 3 rings (SSSR count). The third kappa shape index (κ3) is 4.47. The monoisotopic (exact) mass is 414 g/mol. The fourth-order valence-corrected chi connectivity index (χ4v) is 3.96. The Morgan fingerprint density at radius 1 is 1.25 bits per heavy atom. The normalized spacial score (nSPS) is 15.8. The van der Waals surface area contributed by atoms with Gasteiger partial charge < -0.3 is 14.7 Å². The molecule has 11 heteroatoms. The van der Waals surface area contributed by atoms with Crippen molar-refractivity contribution < 1.29 is 26.5 Å².